The Morgan fingerprint density at radius 2 is 2.09 bits per heavy atom. The van der Waals surface area contributed by atoms with Crippen molar-refractivity contribution in [2.75, 3.05) is 26.2 Å². The summed E-state index contributed by atoms with van der Waals surface area (Å²) in [5, 5.41) is 11.6. The van der Waals surface area contributed by atoms with E-state index in [-0.39, 0.29) is 5.92 Å². The summed E-state index contributed by atoms with van der Waals surface area (Å²) in [5.41, 5.74) is 1.10. The van der Waals surface area contributed by atoms with Crippen LogP contribution in [0, 0.1) is 5.92 Å². The number of aliphatic carboxylic acids is 1. The van der Waals surface area contributed by atoms with Crippen molar-refractivity contribution < 1.29 is 9.90 Å². The summed E-state index contributed by atoms with van der Waals surface area (Å²) >= 11 is 0. The van der Waals surface area contributed by atoms with E-state index >= 15 is 0 Å². The van der Waals surface area contributed by atoms with Crippen LogP contribution in [0.1, 0.15) is 18.4 Å². The van der Waals surface area contributed by atoms with Crippen molar-refractivity contribution in [2.45, 2.75) is 12.8 Å². The van der Waals surface area contributed by atoms with E-state index in [1.807, 2.05) is 18.3 Å². The van der Waals surface area contributed by atoms with Gasteiger partial charge in [0.2, 0.25) is 0 Å². The van der Waals surface area contributed by atoms with Gasteiger partial charge >= 0.3 is 5.97 Å². The number of hydrogen-bond acceptors (Lipinski definition) is 3. The average Bonchev–Trinajstić information content (AvgIpc) is 2.59. The fraction of sp³-hybridized carbons (Fsp3) is 0.368. The molecule has 1 N–H and O–H groups in total. The van der Waals surface area contributed by atoms with E-state index in [0.717, 1.165) is 31.5 Å². The highest BCUT2D eigenvalue weighted by Crippen LogP contribution is 2.16. The van der Waals surface area contributed by atoms with Gasteiger partial charge in [0.15, 0.2) is 0 Å². The number of carboxylic acid groups (broad SMARTS) is 1. The van der Waals surface area contributed by atoms with Gasteiger partial charge in [0.25, 0.3) is 0 Å². The van der Waals surface area contributed by atoms with Crippen molar-refractivity contribution in [3.8, 4) is 0 Å². The normalized spacial score (nSPS) is 19.4. The van der Waals surface area contributed by atoms with Crippen LogP contribution >= 0.6 is 0 Å². The van der Waals surface area contributed by atoms with Crippen molar-refractivity contribution in [1.82, 2.24) is 4.90 Å². The molecule has 120 valence electrons. The second kappa shape index (κ2) is 7.38. The Morgan fingerprint density at radius 1 is 1.26 bits per heavy atom. The first-order valence-electron chi connectivity index (χ1n) is 8.16. The second-order valence-electron chi connectivity index (χ2n) is 6.12. The third kappa shape index (κ3) is 4.17. The molecule has 1 fully saturated rings. The quantitative estimate of drug-likeness (QED) is 0.864. The predicted molar refractivity (Wildman–Crippen MR) is 93.2 cm³/mol. The molecule has 2 aromatic rings. The molecule has 1 unspecified atom stereocenters. The van der Waals surface area contributed by atoms with Gasteiger partial charge in [0, 0.05) is 19.3 Å². The van der Waals surface area contributed by atoms with Gasteiger partial charge in [-0.1, -0.05) is 36.4 Å². The number of benzene rings is 2. The van der Waals surface area contributed by atoms with Gasteiger partial charge in [-0.05, 0) is 41.8 Å². The van der Waals surface area contributed by atoms with Crippen molar-refractivity contribution >= 4 is 23.0 Å². The van der Waals surface area contributed by atoms with Gasteiger partial charge in [-0.2, -0.15) is 0 Å². The van der Waals surface area contributed by atoms with Gasteiger partial charge < -0.3 is 10.0 Å². The molecule has 0 amide bonds. The maximum atomic E-state index is 11.1. The van der Waals surface area contributed by atoms with Gasteiger partial charge in [0.05, 0.1) is 12.5 Å². The zero-order valence-corrected chi connectivity index (χ0v) is 13.2. The van der Waals surface area contributed by atoms with Crippen LogP contribution in [0.25, 0.3) is 10.8 Å². The third-order valence-corrected chi connectivity index (χ3v) is 4.41. The molecule has 0 spiro atoms. The molecule has 1 heterocycles. The van der Waals surface area contributed by atoms with Crippen LogP contribution in [-0.2, 0) is 4.79 Å². The molecule has 4 nitrogen and oxygen atoms in total. The number of fused-ring (bicyclic) bond motifs is 1. The maximum absolute atomic E-state index is 11.1. The lowest BCUT2D eigenvalue weighted by Crippen LogP contribution is -2.39. The average molecular weight is 310 g/mol. The molecule has 0 radical (unpaired) electrons. The number of nitrogens with zero attached hydrogens (tertiary/aromatic N) is 2. The van der Waals surface area contributed by atoms with Gasteiger partial charge in [-0.3, -0.25) is 9.79 Å². The summed E-state index contributed by atoms with van der Waals surface area (Å²) < 4.78 is 0. The van der Waals surface area contributed by atoms with E-state index < -0.39 is 5.97 Å². The molecule has 1 atom stereocenters. The number of hydrogen-bond donors (Lipinski definition) is 1. The van der Waals surface area contributed by atoms with Crippen LogP contribution in [0.5, 0.6) is 0 Å². The van der Waals surface area contributed by atoms with Crippen molar-refractivity contribution in [3.05, 3.63) is 48.0 Å². The largest absolute Gasteiger partial charge is 0.481 e. The molecule has 1 saturated heterocycles. The van der Waals surface area contributed by atoms with Crippen LogP contribution in [0.2, 0.25) is 0 Å². The molecule has 3 rings (SSSR count). The molecule has 0 bridgehead atoms. The summed E-state index contributed by atoms with van der Waals surface area (Å²) in [4.78, 5) is 17.8. The first-order valence-corrected chi connectivity index (χ1v) is 8.16. The highest BCUT2D eigenvalue weighted by atomic mass is 16.4. The van der Waals surface area contributed by atoms with Crippen LogP contribution < -0.4 is 0 Å². The molecule has 1 aliphatic rings. The Labute approximate surface area is 136 Å². The van der Waals surface area contributed by atoms with Gasteiger partial charge in [0.1, 0.15) is 0 Å². The number of rotatable bonds is 5. The molecule has 0 saturated carbocycles. The minimum absolute atomic E-state index is 0.215. The smallest absolute Gasteiger partial charge is 0.307 e. The van der Waals surface area contributed by atoms with Crippen LogP contribution in [0.4, 0.5) is 0 Å². The number of carboxylic acids is 1. The summed E-state index contributed by atoms with van der Waals surface area (Å²) in [5.74, 6) is -0.886. The monoisotopic (exact) mass is 310 g/mol. The summed E-state index contributed by atoms with van der Waals surface area (Å²) in [6.07, 6.45) is 3.67. The first kappa shape index (κ1) is 15.7. The summed E-state index contributed by atoms with van der Waals surface area (Å²) in [7, 11) is 0. The molecule has 4 heteroatoms. The SMILES string of the molecule is O=C(O)C1CCCN(CCN=Cc2ccc3ccccc3c2)C1. The molecule has 2 aromatic carbocycles. The molecule has 0 aromatic heterocycles. The Bertz CT molecular complexity index is 711. The second-order valence-corrected chi connectivity index (χ2v) is 6.12. The summed E-state index contributed by atoms with van der Waals surface area (Å²) in [6.45, 7) is 3.17. The third-order valence-electron chi connectivity index (χ3n) is 4.41. The number of aliphatic imine (C=N–C) groups is 1. The van der Waals surface area contributed by atoms with Crippen LogP contribution in [-0.4, -0.2) is 48.4 Å². The highest BCUT2D eigenvalue weighted by Gasteiger charge is 2.24. The maximum Gasteiger partial charge on any atom is 0.307 e. The van der Waals surface area contributed by atoms with Gasteiger partial charge in [-0.25, -0.2) is 0 Å². The van der Waals surface area contributed by atoms with Crippen molar-refractivity contribution in [3.63, 3.8) is 0 Å². The lowest BCUT2D eigenvalue weighted by atomic mass is 9.98. The Morgan fingerprint density at radius 3 is 2.91 bits per heavy atom. The van der Waals surface area contributed by atoms with Crippen LogP contribution in [0.3, 0.4) is 0 Å². The fourth-order valence-electron chi connectivity index (χ4n) is 3.12. The zero-order valence-electron chi connectivity index (χ0n) is 13.2. The van der Waals surface area contributed by atoms with Crippen molar-refractivity contribution in [1.29, 1.82) is 0 Å². The number of carbonyl (C=O) groups is 1. The first-order chi connectivity index (χ1) is 11.2. The van der Waals surface area contributed by atoms with E-state index in [0.29, 0.717) is 13.1 Å². The van der Waals surface area contributed by atoms with E-state index in [4.69, 9.17) is 5.11 Å². The standard InChI is InChI=1S/C19H22N2O2/c22-19(23)18-6-3-10-21(14-18)11-9-20-13-15-7-8-16-4-1-2-5-17(16)12-15/h1-2,4-5,7-8,12-13,18H,3,6,9-11,14H2,(H,22,23). The zero-order chi connectivity index (χ0) is 16.1. The van der Waals surface area contributed by atoms with E-state index in [1.165, 1.54) is 10.8 Å². The molecule has 0 aliphatic carbocycles. The summed E-state index contributed by atoms with van der Waals surface area (Å²) in [6, 6.07) is 14.6. The Hall–Kier alpha value is -2.20. The lowest BCUT2D eigenvalue weighted by Gasteiger charge is -2.29. The van der Waals surface area contributed by atoms with Crippen molar-refractivity contribution in [2.24, 2.45) is 10.9 Å². The highest BCUT2D eigenvalue weighted by molar-refractivity contribution is 5.90. The Balaban J connectivity index is 1.53. The van der Waals surface area contributed by atoms with E-state index in [1.54, 1.807) is 0 Å². The molecular formula is C19H22N2O2. The molecule has 23 heavy (non-hydrogen) atoms. The fourth-order valence-corrected chi connectivity index (χ4v) is 3.12. The minimum Gasteiger partial charge on any atom is -0.481 e. The molecular weight excluding hydrogens is 288 g/mol. The predicted octanol–water partition coefficient (Wildman–Crippen LogP) is 3.06. The topological polar surface area (TPSA) is 52.9 Å². The van der Waals surface area contributed by atoms with E-state index in [9.17, 15) is 4.79 Å². The molecule has 1 aliphatic heterocycles. The van der Waals surface area contributed by atoms with E-state index in [2.05, 4.69) is 40.2 Å². The lowest BCUT2D eigenvalue weighted by molar-refractivity contribution is -0.143. The Kier molecular flexibility index (Phi) is 5.03. The van der Waals surface area contributed by atoms with Gasteiger partial charge in [-0.15, -0.1) is 0 Å². The number of piperidine rings is 1. The van der Waals surface area contributed by atoms with Crippen LogP contribution in [0.15, 0.2) is 47.5 Å². The number of likely N-dealkylation sites (tertiary alicyclic amines) is 1. The minimum atomic E-state index is -0.672.